The minimum Gasteiger partial charge on any atom is -0.455 e. The Balaban J connectivity index is 1.23. The monoisotopic (exact) mass is 572 g/mol. The van der Waals surface area contributed by atoms with Gasteiger partial charge in [0.05, 0.1) is 27.6 Å². The first-order valence-electron chi connectivity index (χ1n) is 15.5. The van der Waals surface area contributed by atoms with Crippen LogP contribution in [0.5, 0.6) is 0 Å². The summed E-state index contributed by atoms with van der Waals surface area (Å²) in [6.07, 6.45) is 0. The van der Waals surface area contributed by atoms with E-state index in [9.17, 15) is 0 Å². The van der Waals surface area contributed by atoms with Gasteiger partial charge in [0.25, 0.3) is 0 Å². The Morgan fingerprint density at radius 3 is 1.84 bits per heavy atom. The summed E-state index contributed by atoms with van der Waals surface area (Å²) in [4.78, 5) is 0. The zero-order valence-corrected chi connectivity index (χ0v) is 24.2. The molecule has 3 nitrogen and oxygen atoms in total. The van der Waals surface area contributed by atoms with Gasteiger partial charge in [-0.3, -0.25) is 0 Å². The average molecular weight is 573 g/mol. The van der Waals surface area contributed by atoms with E-state index >= 15 is 0 Å². The van der Waals surface area contributed by atoms with Crippen LogP contribution in [0.25, 0.3) is 98.7 Å². The maximum Gasteiger partial charge on any atom is 0.143 e. The molecule has 0 fully saturated rings. The molecule has 0 saturated heterocycles. The van der Waals surface area contributed by atoms with Gasteiger partial charge in [0.1, 0.15) is 11.2 Å². The maximum atomic E-state index is 6.37. The lowest BCUT2D eigenvalue weighted by Crippen LogP contribution is -1.94. The quantitative estimate of drug-likeness (QED) is 0.202. The predicted molar refractivity (Wildman–Crippen MR) is 188 cm³/mol. The first kappa shape index (κ1) is 23.4. The van der Waals surface area contributed by atoms with Gasteiger partial charge in [-0.1, -0.05) is 103 Å². The lowest BCUT2D eigenvalue weighted by Gasteiger charge is -2.10. The molecule has 11 aromatic rings. The third kappa shape index (κ3) is 2.90. The van der Waals surface area contributed by atoms with E-state index in [0.717, 1.165) is 38.8 Å². The molecule has 0 aliphatic carbocycles. The summed E-state index contributed by atoms with van der Waals surface area (Å²) in [6, 6.07) is 52.7. The van der Waals surface area contributed by atoms with Crippen molar-refractivity contribution in [2.45, 2.75) is 0 Å². The number of furan rings is 1. The molecule has 0 bridgehead atoms. The molecule has 0 spiro atoms. The summed E-state index contributed by atoms with van der Waals surface area (Å²) in [6.45, 7) is 0. The molecular weight excluding hydrogens is 548 g/mol. The van der Waals surface area contributed by atoms with Crippen molar-refractivity contribution in [3.63, 3.8) is 0 Å². The molecule has 0 aliphatic heterocycles. The lowest BCUT2D eigenvalue weighted by molar-refractivity contribution is 0.670. The highest BCUT2D eigenvalue weighted by molar-refractivity contribution is 6.33. The second-order valence-corrected chi connectivity index (χ2v) is 12.1. The topological polar surface area (TPSA) is 22.5 Å². The van der Waals surface area contributed by atoms with Crippen LogP contribution in [-0.2, 0) is 0 Å². The highest BCUT2D eigenvalue weighted by atomic mass is 16.3. The fourth-order valence-corrected chi connectivity index (χ4v) is 8.01. The second-order valence-electron chi connectivity index (χ2n) is 12.1. The Labute approximate surface area is 257 Å². The van der Waals surface area contributed by atoms with Crippen molar-refractivity contribution in [2.24, 2.45) is 0 Å². The van der Waals surface area contributed by atoms with Crippen LogP contribution >= 0.6 is 0 Å². The molecule has 0 radical (unpaired) electrons. The number of aromatic nitrogens is 2. The van der Waals surface area contributed by atoms with Gasteiger partial charge < -0.3 is 13.4 Å². The zero-order chi connectivity index (χ0) is 29.2. The number of fused-ring (bicyclic) bond motifs is 9. The second kappa shape index (κ2) is 8.31. The van der Waals surface area contributed by atoms with Gasteiger partial charge in [-0.15, -0.1) is 0 Å². The van der Waals surface area contributed by atoms with Crippen LogP contribution in [0.3, 0.4) is 0 Å². The number of hydrogen-bond donors (Lipinski definition) is 0. The van der Waals surface area contributed by atoms with E-state index < -0.39 is 0 Å². The Morgan fingerprint density at radius 2 is 1.02 bits per heavy atom. The Morgan fingerprint density at radius 1 is 0.400 bits per heavy atom. The highest BCUT2D eigenvalue weighted by Crippen LogP contribution is 2.45. The standard InChI is InChI=1S/C42H24N2O/c1-4-15-34-28(9-1)31-13-8-17-36-39(31)40-37(24-23-32-29-10-2-5-16-35(29)44(34)41(32)40)43(36)26-21-19-25(20-22-26)27-12-7-14-33-30-11-3-6-18-38(30)45-42(27)33/h1-24H. The van der Waals surface area contributed by atoms with Crippen molar-refractivity contribution in [3.05, 3.63) is 146 Å². The van der Waals surface area contributed by atoms with Gasteiger partial charge >= 0.3 is 0 Å². The number of benzene rings is 7. The molecule has 208 valence electrons. The van der Waals surface area contributed by atoms with Crippen LogP contribution in [-0.4, -0.2) is 8.97 Å². The smallest absolute Gasteiger partial charge is 0.143 e. The number of hydrogen-bond acceptors (Lipinski definition) is 1. The molecule has 0 unspecified atom stereocenters. The molecule has 0 N–H and O–H groups in total. The fourth-order valence-electron chi connectivity index (χ4n) is 8.01. The molecule has 4 aromatic heterocycles. The fraction of sp³-hybridized carbons (Fsp3) is 0. The molecular formula is C42H24N2O. The lowest BCUT2D eigenvalue weighted by atomic mass is 10.0. The summed E-state index contributed by atoms with van der Waals surface area (Å²) in [7, 11) is 0. The summed E-state index contributed by atoms with van der Waals surface area (Å²) >= 11 is 0. The Bertz CT molecular complexity index is 2970. The average Bonchev–Trinajstić information content (AvgIpc) is 3.73. The molecule has 0 amide bonds. The minimum atomic E-state index is 0.921. The van der Waals surface area contributed by atoms with Crippen LogP contribution in [0, 0.1) is 0 Å². The molecule has 3 heteroatoms. The summed E-state index contributed by atoms with van der Waals surface area (Å²) in [5, 5.41) is 10.0. The van der Waals surface area contributed by atoms with Crippen molar-refractivity contribution in [2.75, 3.05) is 0 Å². The summed E-state index contributed by atoms with van der Waals surface area (Å²) in [5.41, 5.74) is 11.4. The molecule has 0 atom stereocenters. The first-order chi connectivity index (χ1) is 22.3. The summed E-state index contributed by atoms with van der Waals surface area (Å²) in [5.74, 6) is 0. The Kier molecular flexibility index (Phi) is 4.32. The van der Waals surface area contributed by atoms with Crippen molar-refractivity contribution in [1.82, 2.24) is 8.97 Å². The summed E-state index contributed by atoms with van der Waals surface area (Å²) < 4.78 is 11.3. The number of para-hydroxylation sites is 4. The molecule has 11 rings (SSSR count). The molecule has 45 heavy (non-hydrogen) atoms. The molecule has 4 heterocycles. The number of rotatable bonds is 2. The van der Waals surface area contributed by atoms with Crippen LogP contribution in [0.4, 0.5) is 0 Å². The SMILES string of the molecule is c1ccc2c(c1)oc1c(-c3ccc(-n4c5cccc6c7ccccc7n7c8ccccc8c8ccc4c(c65)c87)cc3)cccc12. The van der Waals surface area contributed by atoms with E-state index in [1.54, 1.807) is 0 Å². The normalized spacial score (nSPS) is 12.4. The van der Waals surface area contributed by atoms with Gasteiger partial charge in [0, 0.05) is 49.0 Å². The van der Waals surface area contributed by atoms with Crippen molar-refractivity contribution in [1.29, 1.82) is 0 Å². The van der Waals surface area contributed by atoms with Gasteiger partial charge in [-0.05, 0) is 53.4 Å². The van der Waals surface area contributed by atoms with Crippen LogP contribution < -0.4 is 0 Å². The van der Waals surface area contributed by atoms with E-state index in [1.807, 2.05) is 12.1 Å². The zero-order valence-electron chi connectivity index (χ0n) is 24.2. The van der Waals surface area contributed by atoms with Gasteiger partial charge in [-0.25, -0.2) is 0 Å². The van der Waals surface area contributed by atoms with E-state index in [0.29, 0.717) is 0 Å². The van der Waals surface area contributed by atoms with Gasteiger partial charge in [-0.2, -0.15) is 0 Å². The van der Waals surface area contributed by atoms with Crippen molar-refractivity contribution < 1.29 is 4.42 Å². The van der Waals surface area contributed by atoms with Crippen LogP contribution in [0.1, 0.15) is 0 Å². The maximum absolute atomic E-state index is 6.37. The number of nitrogens with zero attached hydrogens (tertiary/aromatic N) is 2. The molecule has 0 saturated carbocycles. The molecule has 0 aliphatic rings. The van der Waals surface area contributed by atoms with Crippen molar-refractivity contribution in [3.8, 4) is 16.8 Å². The molecule has 7 aromatic carbocycles. The minimum absolute atomic E-state index is 0.921. The third-order valence-electron chi connectivity index (χ3n) is 9.86. The highest BCUT2D eigenvalue weighted by Gasteiger charge is 2.23. The van der Waals surface area contributed by atoms with Gasteiger partial charge in [0.2, 0.25) is 0 Å². The van der Waals surface area contributed by atoms with E-state index in [1.165, 1.54) is 59.9 Å². The van der Waals surface area contributed by atoms with E-state index in [2.05, 4.69) is 142 Å². The van der Waals surface area contributed by atoms with Crippen LogP contribution in [0.15, 0.2) is 150 Å². The largest absolute Gasteiger partial charge is 0.455 e. The third-order valence-corrected chi connectivity index (χ3v) is 9.86. The predicted octanol–water partition coefficient (Wildman–Crippen LogP) is 11.5. The van der Waals surface area contributed by atoms with Gasteiger partial charge in [0.15, 0.2) is 0 Å². The van der Waals surface area contributed by atoms with E-state index in [4.69, 9.17) is 4.42 Å². The first-order valence-corrected chi connectivity index (χ1v) is 15.5. The van der Waals surface area contributed by atoms with Crippen LogP contribution in [0.2, 0.25) is 0 Å². The Hall–Kier alpha value is -6.06. The van der Waals surface area contributed by atoms with Crippen molar-refractivity contribution >= 4 is 81.8 Å². The van der Waals surface area contributed by atoms with E-state index in [-0.39, 0.29) is 0 Å².